The third-order valence-electron chi connectivity index (χ3n) is 4.35. The monoisotopic (exact) mass is 472 g/mol. The van der Waals surface area contributed by atoms with Crippen LogP contribution in [0.25, 0.3) is 0 Å². The van der Waals surface area contributed by atoms with Gasteiger partial charge in [0.15, 0.2) is 5.96 Å². The van der Waals surface area contributed by atoms with Gasteiger partial charge in [-0.25, -0.2) is 0 Å². The van der Waals surface area contributed by atoms with Crippen molar-refractivity contribution in [2.45, 2.75) is 65.0 Å². The molecule has 2 rings (SSSR count). The molecule has 0 aromatic heterocycles. The number of amides is 1. The molecule has 1 aromatic rings. The molecule has 1 saturated carbocycles. The fourth-order valence-electron chi connectivity index (χ4n) is 3.09. The molecule has 1 aromatic carbocycles. The lowest BCUT2D eigenvalue weighted by Gasteiger charge is -2.24. The zero-order valence-corrected chi connectivity index (χ0v) is 18.7. The molecule has 0 radical (unpaired) electrons. The van der Waals surface area contributed by atoms with Gasteiger partial charge in [0.05, 0.1) is 0 Å². The van der Waals surface area contributed by atoms with E-state index < -0.39 is 0 Å². The number of aliphatic imine (C=N–C) groups is 1. The van der Waals surface area contributed by atoms with Crippen LogP contribution in [0.2, 0.25) is 0 Å². The number of hydrogen-bond donors (Lipinski definition) is 3. The highest BCUT2D eigenvalue weighted by atomic mass is 127. The second-order valence-electron chi connectivity index (χ2n) is 7.83. The van der Waals surface area contributed by atoms with Crippen LogP contribution < -0.4 is 16.0 Å². The minimum atomic E-state index is -0.0440. The molecule has 0 saturated heterocycles. The van der Waals surface area contributed by atoms with E-state index in [9.17, 15) is 4.79 Å². The van der Waals surface area contributed by atoms with Gasteiger partial charge in [-0.3, -0.25) is 9.79 Å². The smallest absolute Gasteiger partial charge is 0.227 e. The van der Waals surface area contributed by atoms with Crippen LogP contribution in [0.4, 0.5) is 5.69 Å². The first-order valence-corrected chi connectivity index (χ1v) is 9.26. The summed E-state index contributed by atoms with van der Waals surface area (Å²) in [5, 5.41) is 9.73. The van der Waals surface area contributed by atoms with Crippen molar-refractivity contribution in [1.29, 1.82) is 0 Å². The van der Waals surface area contributed by atoms with Gasteiger partial charge >= 0.3 is 0 Å². The summed E-state index contributed by atoms with van der Waals surface area (Å²) < 4.78 is 0. The van der Waals surface area contributed by atoms with Crippen LogP contribution >= 0.6 is 24.0 Å². The molecule has 0 bridgehead atoms. The summed E-state index contributed by atoms with van der Waals surface area (Å²) in [6.45, 7) is 6.95. The molecule has 0 unspecified atom stereocenters. The highest BCUT2D eigenvalue weighted by Crippen LogP contribution is 2.25. The number of anilines is 1. The number of rotatable bonds is 4. The Bertz CT molecular complexity index is 604. The lowest BCUT2D eigenvalue weighted by atomic mass is 9.88. The van der Waals surface area contributed by atoms with E-state index in [0.717, 1.165) is 30.1 Å². The fourth-order valence-corrected chi connectivity index (χ4v) is 3.09. The summed E-state index contributed by atoms with van der Waals surface area (Å²) in [5.74, 6) is 1.10. The first-order valence-electron chi connectivity index (χ1n) is 9.26. The van der Waals surface area contributed by atoms with E-state index in [1.807, 2.05) is 24.3 Å². The Hall–Kier alpha value is -1.31. The summed E-state index contributed by atoms with van der Waals surface area (Å²) in [6, 6.07) is 8.01. The van der Waals surface area contributed by atoms with E-state index in [-0.39, 0.29) is 41.3 Å². The van der Waals surface area contributed by atoms with Gasteiger partial charge in [0, 0.05) is 30.7 Å². The highest BCUT2D eigenvalue weighted by molar-refractivity contribution is 14.0. The quantitative estimate of drug-likeness (QED) is 0.348. The van der Waals surface area contributed by atoms with Crippen LogP contribution in [0, 0.1) is 5.92 Å². The average molecular weight is 472 g/mol. The predicted molar refractivity (Wildman–Crippen MR) is 120 cm³/mol. The van der Waals surface area contributed by atoms with Crippen LogP contribution in [-0.2, 0) is 11.3 Å². The van der Waals surface area contributed by atoms with Gasteiger partial charge < -0.3 is 16.0 Å². The molecule has 1 aliphatic rings. The van der Waals surface area contributed by atoms with Gasteiger partial charge in [-0.1, -0.05) is 31.4 Å². The molecule has 0 atom stereocenters. The van der Waals surface area contributed by atoms with E-state index in [0.29, 0.717) is 6.54 Å². The Morgan fingerprint density at radius 1 is 1.19 bits per heavy atom. The summed E-state index contributed by atoms with van der Waals surface area (Å²) in [7, 11) is 1.77. The average Bonchev–Trinajstić information content (AvgIpc) is 2.58. The molecule has 0 heterocycles. The maximum Gasteiger partial charge on any atom is 0.227 e. The first kappa shape index (κ1) is 22.7. The zero-order valence-electron chi connectivity index (χ0n) is 16.4. The van der Waals surface area contributed by atoms with Gasteiger partial charge in [0.2, 0.25) is 5.91 Å². The third kappa shape index (κ3) is 7.93. The standard InChI is InChI=1S/C20H32N4O.HI/c1-20(2,3)24-19(21-4)22-14-15-9-8-12-17(13-15)23-18(25)16-10-6-5-7-11-16;/h8-9,12-13,16H,5-7,10-11,14H2,1-4H3,(H,23,25)(H2,21,22,24);1H. The van der Waals surface area contributed by atoms with Crippen molar-refractivity contribution < 1.29 is 4.79 Å². The molecule has 0 aliphatic heterocycles. The van der Waals surface area contributed by atoms with E-state index in [4.69, 9.17) is 0 Å². The number of guanidine groups is 1. The topological polar surface area (TPSA) is 65.5 Å². The van der Waals surface area contributed by atoms with Crippen LogP contribution in [0.15, 0.2) is 29.3 Å². The number of carbonyl (C=O) groups excluding carboxylic acids is 1. The van der Waals surface area contributed by atoms with E-state index in [1.165, 1.54) is 19.3 Å². The van der Waals surface area contributed by atoms with Crippen molar-refractivity contribution in [2.24, 2.45) is 10.9 Å². The molecule has 1 fully saturated rings. The summed E-state index contributed by atoms with van der Waals surface area (Å²) in [5.41, 5.74) is 1.93. The largest absolute Gasteiger partial charge is 0.352 e. The third-order valence-corrected chi connectivity index (χ3v) is 4.35. The fraction of sp³-hybridized carbons (Fsp3) is 0.600. The van der Waals surface area contributed by atoms with Crippen LogP contribution in [0.3, 0.4) is 0 Å². The highest BCUT2D eigenvalue weighted by Gasteiger charge is 2.21. The minimum absolute atomic E-state index is 0. The van der Waals surface area contributed by atoms with Crippen LogP contribution in [0.1, 0.15) is 58.4 Å². The van der Waals surface area contributed by atoms with E-state index >= 15 is 0 Å². The summed E-state index contributed by atoms with van der Waals surface area (Å²) >= 11 is 0. The van der Waals surface area contributed by atoms with Gasteiger partial charge in [-0.05, 0) is 51.3 Å². The molecule has 5 nitrogen and oxygen atoms in total. The SMILES string of the molecule is CN=C(NCc1cccc(NC(=O)C2CCCCC2)c1)NC(C)(C)C.I. The molecule has 1 amide bonds. The first-order chi connectivity index (χ1) is 11.9. The van der Waals surface area contributed by atoms with Gasteiger partial charge in [0.25, 0.3) is 0 Å². The molecule has 146 valence electrons. The molecule has 1 aliphatic carbocycles. The molecular weight excluding hydrogens is 439 g/mol. The van der Waals surface area contributed by atoms with Crippen molar-refractivity contribution >= 4 is 41.5 Å². The van der Waals surface area contributed by atoms with Gasteiger partial charge in [-0.15, -0.1) is 24.0 Å². The van der Waals surface area contributed by atoms with Crippen LogP contribution in [0.5, 0.6) is 0 Å². The lowest BCUT2D eigenvalue weighted by Crippen LogP contribution is -2.47. The van der Waals surface area contributed by atoms with Crippen molar-refractivity contribution in [3.8, 4) is 0 Å². The Morgan fingerprint density at radius 2 is 1.88 bits per heavy atom. The normalized spacial score (nSPS) is 15.8. The Morgan fingerprint density at radius 3 is 2.50 bits per heavy atom. The maximum absolute atomic E-state index is 12.4. The van der Waals surface area contributed by atoms with Crippen molar-refractivity contribution in [3.63, 3.8) is 0 Å². The van der Waals surface area contributed by atoms with E-state index in [1.54, 1.807) is 7.05 Å². The number of nitrogens with one attached hydrogen (secondary N) is 3. The molecule has 3 N–H and O–H groups in total. The minimum Gasteiger partial charge on any atom is -0.352 e. The predicted octanol–water partition coefficient (Wildman–Crippen LogP) is 4.29. The van der Waals surface area contributed by atoms with Gasteiger partial charge in [-0.2, -0.15) is 0 Å². The maximum atomic E-state index is 12.4. The second kappa shape index (κ2) is 10.7. The molecule has 6 heteroatoms. The molecule has 26 heavy (non-hydrogen) atoms. The number of benzene rings is 1. The van der Waals surface area contributed by atoms with Gasteiger partial charge in [0.1, 0.15) is 0 Å². The number of nitrogens with zero attached hydrogens (tertiary/aromatic N) is 1. The second-order valence-corrected chi connectivity index (χ2v) is 7.83. The van der Waals surface area contributed by atoms with Crippen LogP contribution in [-0.4, -0.2) is 24.5 Å². The molecule has 0 spiro atoms. The zero-order chi connectivity index (χ0) is 18.3. The van der Waals surface area contributed by atoms with Crippen molar-refractivity contribution in [3.05, 3.63) is 29.8 Å². The molecular formula is C20H33IN4O. The Labute approximate surface area is 174 Å². The van der Waals surface area contributed by atoms with Crippen molar-refractivity contribution in [2.75, 3.05) is 12.4 Å². The number of halogens is 1. The summed E-state index contributed by atoms with van der Waals surface area (Å²) in [4.78, 5) is 16.6. The number of carbonyl (C=O) groups is 1. The Kier molecular flexibility index (Phi) is 9.39. The number of hydrogen-bond acceptors (Lipinski definition) is 2. The summed E-state index contributed by atoms with van der Waals surface area (Å²) in [6.07, 6.45) is 5.63. The van der Waals surface area contributed by atoms with E-state index in [2.05, 4.69) is 41.7 Å². The van der Waals surface area contributed by atoms with Crippen molar-refractivity contribution in [1.82, 2.24) is 10.6 Å². The Balaban J connectivity index is 0.00000338. The lowest BCUT2D eigenvalue weighted by molar-refractivity contribution is -0.120.